The number of aryl methyl sites for hydroxylation is 1. The Morgan fingerprint density at radius 3 is 2.95 bits per heavy atom. The summed E-state index contributed by atoms with van der Waals surface area (Å²) in [5.41, 5.74) is 2.61. The Kier molecular flexibility index (Phi) is 3.81. The van der Waals surface area contributed by atoms with Gasteiger partial charge in [0.15, 0.2) is 5.82 Å². The zero-order valence-electron chi connectivity index (χ0n) is 11.8. The molecule has 5 heteroatoms. The van der Waals surface area contributed by atoms with Crippen LogP contribution in [0, 0.1) is 5.92 Å². The van der Waals surface area contributed by atoms with Crippen LogP contribution in [0.5, 0.6) is 0 Å². The maximum Gasteiger partial charge on any atom is 0.169 e. The summed E-state index contributed by atoms with van der Waals surface area (Å²) in [5.74, 6) is 1.63. The van der Waals surface area contributed by atoms with Crippen molar-refractivity contribution in [3.8, 4) is 10.7 Å². The van der Waals surface area contributed by atoms with Crippen LogP contribution in [0.1, 0.15) is 30.5 Å². The lowest BCUT2D eigenvalue weighted by molar-refractivity contribution is 0.418. The van der Waals surface area contributed by atoms with Gasteiger partial charge in [-0.3, -0.25) is 0 Å². The molecule has 4 rings (SSSR count). The second-order valence-electron chi connectivity index (χ2n) is 6.06. The summed E-state index contributed by atoms with van der Waals surface area (Å²) < 4.78 is 1.13. The van der Waals surface area contributed by atoms with Crippen LogP contribution < -0.4 is 5.32 Å². The van der Waals surface area contributed by atoms with Crippen molar-refractivity contribution in [1.29, 1.82) is 0 Å². The molecule has 1 atom stereocenters. The van der Waals surface area contributed by atoms with E-state index in [4.69, 9.17) is 4.98 Å². The highest BCUT2D eigenvalue weighted by Gasteiger charge is 2.25. The number of nitrogens with one attached hydrogen (secondary N) is 1. The van der Waals surface area contributed by atoms with Gasteiger partial charge in [0, 0.05) is 17.9 Å². The molecule has 0 saturated heterocycles. The van der Waals surface area contributed by atoms with Crippen LogP contribution in [0.15, 0.2) is 22.1 Å². The molecule has 2 aromatic rings. The van der Waals surface area contributed by atoms with E-state index >= 15 is 0 Å². The highest BCUT2D eigenvalue weighted by molar-refractivity contribution is 9.11. The summed E-state index contributed by atoms with van der Waals surface area (Å²) >= 11 is 5.19. The van der Waals surface area contributed by atoms with Crippen LogP contribution in [0.4, 0.5) is 0 Å². The first-order valence-corrected chi connectivity index (χ1v) is 9.23. The second kappa shape index (κ2) is 5.78. The fourth-order valence-electron chi connectivity index (χ4n) is 2.93. The predicted molar refractivity (Wildman–Crippen MR) is 89.6 cm³/mol. The summed E-state index contributed by atoms with van der Waals surface area (Å²) in [6, 6.07) is 4.95. The summed E-state index contributed by atoms with van der Waals surface area (Å²) in [6.45, 7) is 1.16. The van der Waals surface area contributed by atoms with Crippen LogP contribution in [-0.4, -0.2) is 22.6 Å². The standard InChI is InChI=1S/C16H18BrN3S/c17-15-6-5-14(21-15)16-19-9-11-7-10(1-4-13(11)20-16)8-18-12-2-3-12/h5-6,9-10,12,18H,1-4,7-8H2. The predicted octanol–water partition coefficient (Wildman–Crippen LogP) is 3.82. The molecule has 0 aromatic carbocycles. The average molecular weight is 364 g/mol. The van der Waals surface area contributed by atoms with Gasteiger partial charge in [0.1, 0.15) is 0 Å². The molecule has 0 radical (unpaired) electrons. The lowest BCUT2D eigenvalue weighted by Gasteiger charge is -2.24. The smallest absolute Gasteiger partial charge is 0.169 e. The fourth-order valence-corrected chi connectivity index (χ4v) is 4.26. The molecule has 110 valence electrons. The molecular formula is C16H18BrN3S. The van der Waals surface area contributed by atoms with Gasteiger partial charge in [0.2, 0.25) is 0 Å². The van der Waals surface area contributed by atoms with Gasteiger partial charge in [-0.2, -0.15) is 0 Å². The minimum absolute atomic E-state index is 0.753. The average Bonchev–Trinajstić information content (AvgIpc) is 3.24. The highest BCUT2D eigenvalue weighted by Crippen LogP contribution is 2.31. The van der Waals surface area contributed by atoms with E-state index in [2.05, 4.69) is 44.6 Å². The molecule has 2 aliphatic carbocycles. The molecular weight excluding hydrogens is 346 g/mol. The maximum atomic E-state index is 4.80. The third-order valence-electron chi connectivity index (χ3n) is 4.32. The summed E-state index contributed by atoms with van der Waals surface area (Å²) in [6.07, 6.45) is 8.25. The van der Waals surface area contributed by atoms with Crippen molar-refractivity contribution in [3.05, 3.63) is 33.4 Å². The van der Waals surface area contributed by atoms with Crippen LogP contribution in [0.25, 0.3) is 10.7 Å². The number of thiophene rings is 1. The van der Waals surface area contributed by atoms with E-state index in [1.165, 1.54) is 30.5 Å². The van der Waals surface area contributed by atoms with E-state index in [0.717, 1.165) is 45.8 Å². The summed E-state index contributed by atoms with van der Waals surface area (Å²) in [5, 5.41) is 3.65. The molecule has 1 saturated carbocycles. The zero-order chi connectivity index (χ0) is 14.2. The number of halogens is 1. The highest BCUT2D eigenvalue weighted by atomic mass is 79.9. The molecule has 1 unspecified atom stereocenters. The van der Waals surface area contributed by atoms with Crippen molar-refractivity contribution in [1.82, 2.24) is 15.3 Å². The van der Waals surface area contributed by atoms with Crippen LogP contribution in [0.3, 0.4) is 0 Å². The normalized spacial score (nSPS) is 21.3. The first kappa shape index (κ1) is 13.9. The van der Waals surface area contributed by atoms with Crippen LogP contribution in [0.2, 0.25) is 0 Å². The number of hydrogen-bond acceptors (Lipinski definition) is 4. The van der Waals surface area contributed by atoms with Gasteiger partial charge in [0.25, 0.3) is 0 Å². The first-order chi connectivity index (χ1) is 10.3. The maximum absolute atomic E-state index is 4.80. The summed E-state index contributed by atoms with van der Waals surface area (Å²) in [4.78, 5) is 10.5. The molecule has 0 bridgehead atoms. The molecule has 1 fully saturated rings. The van der Waals surface area contributed by atoms with Crippen molar-refractivity contribution in [2.45, 2.75) is 38.1 Å². The Morgan fingerprint density at radius 2 is 2.19 bits per heavy atom. The van der Waals surface area contributed by atoms with Crippen molar-refractivity contribution < 1.29 is 0 Å². The van der Waals surface area contributed by atoms with Gasteiger partial charge in [0.05, 0.1) is 8.66 Å². The molecule has 0 aliphatic heterocycles. The van der Waals surface area contributed by atoms with Gasteiger partial charge < -0.3 is 5.32 Å². The number of aromatic nitrogens is 2. The van der Waals surface area contributed by atoms with Gasteiger partial charge >= 0.3 is 0 Å². The largest absolute Gasteiger partial charge is 0.314 e. The van der Waals surface area contributed by atoms with Crippen molar-refractivity contribution in [3.63, 3.8) is 0 Å². The van der Waals surface area contributed by atoms with Crippen molar-refractivity contribution >= 4 is 27.3 Å². The molecule has 2 aromatic heterocycles. The van der Waals surface area contributed by atoms with Gasteiger partial charge in [-0.25, -0.2) is 9.97 Å². The third kappa shape index (κ3) is 3.20. The van der Waals surface area contributed by atoms with Crippen LogP contribution >= 0.6 is 27.3 Å². The third-order valence-corrected chi connectivity index (χ3v) is 5.94. The number of nitrogens with zero attached hydrogens (tertiary/aromatic N) is 2. The topological polar surface area (TPSA) is 37.8 Å². The van der Waals surface area contributed by atoms with Crippen LogP contribution in [-0.2, 0) is 12.8 Å². The van der Waals surface area contributed by atoms with E-state index in [0.29, 0.717) is 0 Å². The van der Waals surface area contributed by atoms with E-state index in [1.54, 1.807) is 11.3 Å². The molecule has 2 aliphatic rings. The molecule has 0 spiro atoms. The Balaban J connectivity index is 1.48. The Morgan fingerprint density at radius 1 is 1.29 bits per heavy atom. The summed E-state index contributed by atoms with van der Waals surface area (Å²) in [7, 11) is 0. The number of rotatable bonds is 4. The van der Waals surface area contributed by atoms with Gasteiger partial charge in [-0.1, -0.05) is 0 Å². The molecule has 3 nitrogen and oxygen atoms in total. The van der Waals surface area contributed by atoms with E-state index in [9.17, 15) is 0 Å². The molecule has 1 N–H and O–H groups in total. The zero-order valence-corrected chi connectivity index (χ0v) is 14.2. The second-order valence-corrected chi connectivity index (χ2v) is 8.52. The van der Waals surface area contributed by atoms with E-state index in [-0.39, 0.29) is 0 Å². The minimum Gasteiger partial charge on any atom is -0.314 e. The molecule has 2 heterocycles. The number of fused-ring (bicyclic) bond motifs is 1. The number of hydrogen-bond donors (Lipinski definition) is 1. The van der Waals surface area contributed by atoms with Gasteiger partial charge in [-0.15, -0.1) is 11.3 Å². The minimum atomic E-state index is 0.753. The Labute approximate surface area is 137 Å². The SMILES string of the molecule is Brc1ccc(-c2ncc3c(n2)CCC(CNC2CC2)C3)s1. The van der Waals surface area contributed by atoms with Gasteiger partial charge in [-0.05, 0) is 78.2 Å². The molecule has 0 amide bonds. The van der Waals surface area contributed by atoms with E-state index < -0.39 is 0 Å². The molecule has 21 heavy (non-hydrogen) atoms. The Hall–Kier alpha value is -0.780. The monoisotopic (exact) mass is 363 g/mol. The van der Waals surface area contributed by atoms with Crippen molar-refractivity contribution in [2.24, 2.45) is 5.92 Å². The lowest BCUT2D eigenvalue weighted by Crippen LogP contribution is -2.29. The Bertz CT molecular complexity index is 651. The van der Waals surface area contributed by atoms with E-state index in [1.807, 2.05) is 0 Å². The first-order valence-electron chi connectivity index (χ1n) is 7.62. The fraction of sp³-hybridized carbons (Fsp3) is 0.500. The van der Waals surface area contributed by atoms with Crippen molar-refractivity contribution in [2.75, 3.05) is 6.54 Å². The lowest BCUT2D eigenvalue weighted by atomic mass is 9.87. The quantitative estimate of drug-likeness (QED) is 0.896.